The molecule has 8 atom stereocenters. The molecule has 4 fully saturated rings. The fourth-order valence-electron chi connectivity index (χ4n) is 8.33. The molecule has 0 aromatic carbocycles. The predicted molar refractivity (Wildman–Crippen MR) is 113 cm³/mol. The molecular weight excluding hydrogens is 314 g/mol. The van der Waals surface area contributed by atoms with E-state index in [0.717, 1.165) is 42.1 Å². The second-order valence-electron chi connectivity index (χ2n) is 11.2. The Kier molecular flexibility index (Phi) is 5.06. The lowest BCUT2D eigenvalue weighted by Crippen LogP contribution is -2.55. The van der Waals surface area contributed by atoms with Gasteiger partial charge >= 0.3 is 0 Å². The third kappa shape index (κ3) is 2.82. The Morgan fingerprint density at radius 1 is 0.962 bits per heavy atom. The van der Waals surface area contributed by atoms with E-state index in [4.69, 9.17) is 4.99 Å². The largest absolute Gasteiger partial charge is 0.294 e. The summed E-state index contributed by atoms with van der Waals surface area (Å²) in [5.41, 5.74) is 2.83. The molecule has 0 aromatic heterocycles. The van der Waals surface area contributed by atoms with Gasteiger partial charge in [-0.3, -0.25) is 4.99 Å². The van der Waals surface area contributed by atoms with E-state index in [9.17, 15) is 0 Å². The van der Waals surface area contributed by atoms with Crippen molar-refractivity contribution in [3.8, 4) is 0 Å². The van der Waals surface area contributed by atoms with Crippen LogP contribution in [0.5, 0.6) is 0 Å². The lowest BCUT2D eigenvalue weighted by atomic mass is 9.43. The van der Waals surface area contributed by atoms with Gasteiger partial charge in [-0.25, -0.2) is 0 Å². The normalized spacial score (nSPS) is 52.4. The molecule has 0 N–H and O–H groups in total. The summed E-state index contributed by atoms with van der Waals surface area (Å²) in [6.07, 6.45) is 14.1. The molecule has 4 aliphatic rings. The van der Waals surface area contributed by atoms with Crippen LogP contribution in [-0.4, -0.2) is 12.3 Å². The zero-order chi connectivity index (χ0) is 18.5. The minimum atomic E-state index is 0.596. The fraction of sp³-hybridized carbons (Fsp3) is 0.960. The Morgan fingerprint density at radius 2 is 1.73 bits per heavy atom. The molecule has 4 rings (SSSR count). The van der Waals surface area contributed by atoms with Crippen molar-refractivity contribution in [2.45, 2.75) is 98.8 Å². The first kappa shape index (κ1) is 19.0. The van der Waals surface area contributed by atoms with Gasteiger partial charge in [0.05, 0.1) is 0 Å². The van der Waals surface area contributed by atoms with Crippen molar-refractivity contribution in [3.63, 3.8) is 0 Å². The van der Waals surface area contributed by atoms with Crippen LogP contribution < -0.4 is 0 Å². The molecule has 0 aliphatic heterocycles. The summed E-state index contributed by atoms with van der Waals surface area (Å²) in [5.74, 6) is 5.81. The first-order valence-electron chi connectivity index (χ1n) is 11.9. The van der Waals surface area contributed by atoms with E-state index in [1.54, 1.807) is 5.71 Å². The zero-order valence-electron chi connectivity index (χ0n) is 18.2. The third-order valence-corrected chi connectivity index (χ3v) is 10.2. The Labute approximate surface area is 162 Å². The van der Waals surface area contributed by atoms with Gasteiger partial charge in [-0.05, 0) is 104 Å². The average Bonchev–Trinajstić information content (AvgIpc) is 2.92. The van der Waals surface area contributed by atoms with E-state index in [1.165, 1.54) is 64.2 Å². The fourth-order valence-corrected chi connectivity index (χ4v) is 8.33. The third-order valence-electron chi connectivity index (χ3n) is 10.2. The highest BCUT2D eigenvalue weighted by Crippen LogP contribution is 2.68. The second-order valence-corrected chi connectivity index (χ2v) is 11.2. The SMILES string of the molecule is CCCC/N=C1\CCC2(C)C(C1)C(C)CC1C3CCC(C)C3(C)CCC12. The maximum absolute atomic E-state index is 5.02. The molecule has 1 heteroatoms. The molecule has 4 saturated carbocycles. The predicted octanol–water partition coefficient (Wildman–Crippen LogP) is 7.15. The topological polar surface area (TPSA) is 12.4 Å². The summed E-state index contributed by atoms with van der Waals surface area (Å²) in [7, 11) is 0. The Hall–Kier alpha value is -0.330. The van der Waals surface area contributed by atoms with Gasteiger partial charge in [-0.15, -0.1) is 0 Å². The smallest absolute Gasteiger partial charge is 0.0388 e. The lowest BCUT2D eigenvalue weighted by Gasteiger charge is -2.62. The first-order valence-corrected chi connectivity index (χ1v) is 11.9. The van der Waals surface area contributed by atoms with Crippen LogP contribution in [0, 0.1) is 46.3 Å². The molecule has 0 radical (unpaired) electrons. The van der Waals surface area contributed by atoms with Crippen LogP contribution in [0.15, 0.2) is 4.99 Å². The quantitative estimate of drug-likeness (QED) is 0.475. The highest BCUT2D eigenvalue weighted by molar-refractivity contribution is 5.85. The van der Waals surface area contributed by atoms with Crippen LogP contribution in [0.1, 0.15) is 98.8 Å². The van der Waals surface area contributed by atoms with Gasteiger partial charge < -0.3 is 0 Å². The Balaban J connectivity index is 1.55. The number of aliphatic imine (C=N–C) groups is 1. The molecule has 26 heavy (non-hydrogen) atoms. The summed E-state index contributed by atoms with van der Waals surface area (Å²) in [5, 5.41) is 0. The first-order chi connectivity index (χ1) is 12.4. The van der Waals surface area contributed by atoms with Crippen LogP contribution >= 0.6 is 0 Å². The number of hydrogen-bond acceptors (Lipinski definition) is 1. The van der Waals surface area contributed by atoms with Gasteiger partial charge in [0.25, 0.3) is 0 Å². The van der Waals surface area contributed by atoms with Crippen LogP contribution in [0.2, 0.25) is 0 Å². The molecule has 4 aliphatic carbocycles. The molecule has 0 aromatic rings. The van der Waals surface area contributed by atoms with Gasteiger partial charge in [-0.2, -0.15) is 0 Å². The van der Waals surface area contributed by atoms with Gasteiger partial charge in [-0.1, -0.05) is 41.0 Å². The Bertz CT molecular complexity index is 550. The van der Waals surface area contributed by atoms with Crippen LogP contribution in [-0.2, 0) is 0 Å². The van der Waals surface area contributed by atoms with Gasteiger partial charge in [0, 0.05) is 12.3 Å². The molecule has 148 valence electrons. The molecule has 1 nitrogen and oxygen atoms in total. The lowest BCUT2D eigenvalue weighted by molar-refractivity contribution is -0.120. The summed E-state index contributed by atoms with van der Waals surface area (Å²) in [6.45, 7) is 13.9. The van der Waals surface area contributed by atoms with Crippen molar-refractivity contribution >= 4 is 5.71 Å². The van der Waals surface area contributed by atoms with Crippen molar-refractivity contribution in [2.24, 2.45) is 51.3 Å². The molecule has 0 amide bonds. The van der Waals surface area contributed by atoms with Gasteiger partial charge in [0.2, 0.25) is 0 Å². The van der Waals surface area contributed by atoms with Crippen molar-refractivity contribution in [2.75, 3.05) is 6.54 Å². The van der Waals surface area contributed by atoms with Gasteiger partial charge in [0.15, 0.2) is 0 Å². The zero-order valence-corrected chi connectivity index (χ0v) is 18.2. The summed E-state index contributed by atoms with van der Waals surface area (Å²) >= 11 is 0. The number of hydrogen-bond donors (Lipinski definition) is 0. The molecule has 0 spiro atoms. The Morgan fingerprint density at radius 3 is 2.50 bits per heavy atom. The summed E-state index contributed by atoms with van der Waals surface area (Å²) < 4.78 is 0. The number of nitrogens with zero attached hydrogens (tertiary/aromatic N) is 1. The standard InChI is InChI=1S/C25H43N/c1-6-7-14-26-19-10-12-25(5)22-11-13-24(4)18(3)8-9-21(24)20(22)15-17(2)23(25)16-19/h17-18,20-23H,6-16H2,1-5H3/b26-19+. The molecule has 0 saturated heterocycles. The van der Waals surface area contributed by atoms with Crippen LogP contribution in [0.25, 0.3) is 0 Å². The monoisotopic (exact) mass is 357 g/mol. The van der Waals surface area contributed by atoms with Crippen LogP contribution in [0.3, 0.4) is 0 Å². The minimum absolute atomic E-state index is 0.596. The van der Waals surface area contributed by atoms with Crippen LogP contribution in [0.4, 0.5) is 0 Å². The van der Waals surface area contributed by atoms with E-state index < -0.39 is 0 Å². The van der Waals surface area contributed by atoms with E-state index in [2.05, 4.69) is 34.6 Å². The second kappa shape index (κ2) is 6.93. The number of rotatable bonds is 3. The molecular formula is C25H43N. The number of fused-ring (bicyclic) bond motifs is 5. The molecule has 0 bridgehead atoms. The van der Waals surface area contributed by atoms with E-state index in [-0.39, 0.29) is 0 Å². The average molecular weight is 358 g/mol. The van der Waals surface area contributed by atoms with Crippen molar-refractivity contribution in [1.82, 2.24) is 0 Å². The van der Waals surface area contributed by atoms with Crippen molar-refractivity contribution < 1.29 is 0 Å². The highest BCUT2D eigenvalue weighted by Gasteiger charge is 2.60. The molecule has 0 heterocycles. The van der Waals surface area contributed by atoms with E-state index in [0.29, 0.717) is 10.8 Å². The summed E-state index contributed by atoms with van der Waals surface area (Å²) in [4.78, 5) is 5.02. The van der Waals surface area contributed by atoms with Crippen molar-refractivity contribution in [3.05, 3.63) is 0 Å². The number of unbranched alkanes of at least 4 members (excludes halogenated alkanes) is 1. The van der Waals surface area contributed by atoms with E-state index >= 15 is 0 Å². The maximum atomic E-state index is 5.02. The summed E-state index contributed by atoms with van der Waals surface area (Å²) in [6, 6.07) is 0. The molecule has 8 unspecified atom stereocenters. The minimum Gasteiger partial charge on any atom is -0.294 e. The van der Waals surface area contributed by atoms with Gasteiger partial charge in [0.1, 0.15) is 0 Å². The highest BCUT2D eigenvalue weighted by atomic mass is 14.8. The van der Waals surface area contributed by atoms with E-state index in [1.807, 2.05) is 0 Å². The maximum Gasteiger partial charge on any atom is 0.0388 e. The van der Waals surface area contributed by atoms with Crippen molar-refractivity contribution in [1.29, 1.82) is 0 Å².